The lowest BCUT2D eigenvalue weighted by molar-refractivity contribution is 0.230. The topological polar surface area (TPSA) is 12.0 Å². The van der Waals surface area contributed by atoms with Gasteiger partial charge in [-0.25, -0.2) is 0 Å². The SMILES string of the molecule is CC(C)(C)C(CNC1CC1)Cc1ccccc1. The fourth-order valence-electron chi connectivity index (χ4n) is 2.18. The first kappa shape index (κ1) is 12.6. The van der Waals surface area contributed by atoms with Crippen LogP contribution >= 0.6 is 0 Å². The summed E-state index contributed by atoms with van der Waals surface area (Å²) >= 11 is 0. The molecule has 1 fully saturated rings. The number of nitrogens with one attached hydrogen (secondary N) is 1. The largest absolute Gasteiger partial charge is 0.314 e. The molecule has 1 N–H and O–H groups in total. The minimum absolute atomic E-state index is 0.373. The molecule has 1 nitrogen and oxygen atoms in total. The van der Waals surface area contributed by atoms with Crippen LogP contribution in [0.2, 0.25) is 0 Å². The van der Waals surface area contributed by atoms with Gasteiger partial charge in [0.15, 0.2) is 0 Å². The van der Waals surface area contributed by atoms with Gasteiger partial charge in [-0.05, 0) is 42.7 Å². The highest BCUT2D eigenvalue weighted by atomic mass is 14.9. The summed E-state index contributed by atoms with van der Waals surface area (Å²) in [5.74, 6) is 0.713. The minimum atomic E-state index is 0.373. The third-order valence-electron chi connectivity index (χ3n) is 3.78. The summed E-state index contributed by atoms with van der Waals surface area (Å²) in [6.07, 6.45) is 3.94. The van der Waals surface area contributed by atoms with Crippen molar-refractivity contribution in [2.75, 3.05) is 6.54 Å². The summed E-state index contributed by atoms with van der Waals surface area (Å²) in [5, 5.41) is 3.68. The Kier molecular flexibility index (Phi) is 3.88. The number of hydrogen-bond donors (Lipinski definition) is 1. The third-order valence-corrected chi connectivity index (χ3v) is 3.78. The van der Waals surface area contributed by atoms with Gasteiger partial charge < -0.3 is 5.32 Å². The van der Waals surface area contributed by atoms with E-state index in [-0.39, 0.29) is 0 Å². The quantitative estimate of drug-likeness (QED) is 0.815. The van der Waals surface area contributed by atoms with Gasteiger partial charge in [0, 0.05) is 6.04 Å². The van der Waals surface area contributed by atoms with E-state index >= 15 is 0 Å². The van der Waals surface area contributed by atoms with E-state index in [1.54, 1.807) is 0 Å². The average Bonchev–Trinajstić information content (AvgIpc) is 3.08. The Bertz CT molecular complexity index is 332. The van der Waals surface area contributed by atoms with Gasteiger partial charge in [-0.15, -0.1) is 0 Å². The molecule has 17 heavy (non-hydrogen) atoms. The maximum absolute atomic E-state index is 3.68. The second-order valence-corrected chi connectivity index (χ2v) is 6.44. The van der Waals surface area contributed by atoms with Crippen molar-refractivity contribution in [1.82, 2.24) is 5.32 Å². The van der Waals surface area contributed by atoms with Crippen molar-refractivity contribution in [2.45, 2.75) is 46.1 Å². The van der Waals surface area contributed by atoms with Gasteiger partial charge in [0.2, 0.25) is 0 Å². The third kappa shape index (κ3) is 4.16. The fraction of sp³-hybridized carbons (Fsp3) is 0.625. The zero-order valence-corrected chi connectivity index (χ0v) is 11.4. The first-order chi connectivity index (χ1) is 8.05. The van der Waals surface area contributed by atoms with Crippen LogP contribution in [0.25, 0.3) is 0 Å². The van der Waals surface area contributed by atoms with Crippen LogP contribution < -0.4 is 5.32 Å². The van der Waals surface area contributed by atoms with Crippen molar-refractivity contribution in [3.63, 3.8) is 0 Å². The normalized spacial score (nSPS) is 18.1. The monoisotopic (exact) mass is 231 g/mol. The smallest absolute Gasteiger partial charge is 0.00683 e. The minimum Gasteiger partial charge on any atom is -0.314 e. The van der Waals surface area contributed by atoms with Crippen molar-refractivity contribution in [2.24, 2.45) is 11.3 Å². The lowest BCUT2D eigenvalue weighted by Crippen LogP contribution is -2.34. The number of hydrogen-bond acceptors (Lipinski definition) is 1. The molecule has 1 aliphatic carbocycles. The van der Waals surface area contributed by atoms with Crippen molar-refractivity contribution < 1.29 is 0 Å². The molecule has 0 aromatic heterocycles. The molecule has 0 heterocycles. The maximum atomic E-state index is 3.68. The van der Waals surface area contributed by atoms with Gasteiger partial charge in [0.05, 0.1) is 0 Å². The first-order valence-electron chi connectivity index (χ1n) is 6.83. The van der Waals surface area contributed by atoms with Crippen LogP contribution in [0.15, 0.2) is 30.3 Å². The highest BCUT2D eigenvalue weighted by Crippen LogP contribution is 2.30. The Morgan fingerprint density at radius 1 is 1.18 bits per heavy atom. The Hall–Kier alpha value is -0.820. The van der Waals surface area contributed by atoms with Crippen LogP contribution in [0, 0.1) is 11.3 Å². The van der Waals surface area contributed by atoms with Crippen LogP contribution in [0.5, 0.6) is 0 Å². The molecule has 1 aliphatic rings. The van der Waals surface area contributed by atoms with E-state index in [0.717, 1.165) is 12.6 Å². The molecule has 0 saturated heterocycles. The number of benzene rings is 1. The molecule has 2 rings (SSSR count). The summed E-state index contributed by atoms with van der Waals surface area (Å²) in [4.78, 5) is 0. The zero-order chi connectivity index (χ0) is 12.3. The molecule has 94 valence electrons. The fourth-order valence-corrected chi connectivity index (χ4v) is 2.18. The molecule has 0 spiro atoms. The van der Waals surface area contributed by atoms with Crippen molar-refractivity contribution in [3.8, 4) is 0 Å². The van der Waals surface area contributed by atoms with Gasteiger partial charge >= 0.3 is 0 Å². The Balaban J connectivity index is 1.94. The van der Waals surface area contributed by atoms with E-state index in [1.165, 1.54) is 24.8 Å². The van der Waals surface area contributed by atoms with Gasteiger partial charge in [-0.2, -0.15) is 0 Å². The predicted octanol–water partition coefficient (Wildman–Crippen LogP) is 3.64. The summed E-state index contributed by atoms with van der Waals surface area (Å²) in [7, 11) is 0. The second-order valence-electron chi connectivity index (χ2n) is 6.44. The molecule has 1 unspecified atom stereocenters. The van der Waals surface area contributed by atoms with E-state index in [9.17, 15) is 0 Å². The van der Waals surface area contributed by atoms with Crippen molar-refractivity contribution in [3.05, 3.63) is 35.9 Å². The van der Waals surface area contributed by atoms with Crippen molar-refractivity contribution >= 4 is 0 Å². The Labute approximate surface area is 106 Å². The maximum Gasteiger partial charge on any atom is 0.00683 e. The average molecular weight is 231 g/mol. The predicted molar refractivity (Wildman–Crippen MR) is 74.1 cm³/mol. The summed E-state index contributed by atoms with van der Waals surface area (Å²) < 4.78 is 0. The molecule has 1 atom stereocenters. The van der Waals surface area contributed by atoms with Gasteiger partial charge in [-0.3, -0.25) is 0 Å². The van der Waals surface area contributed by atoms with Gasteiger partial charge in [-0.1, -0.05) is 51.1 Å². The van der Waals surface area contributed by atoms with E-state index in [2.05, 4.69) is 56.4 Å². The lowest BCUT2D eigenvalue weighted by Gasteiger charge is -2.31. The molecular weight excluding hydrogens is 206 g/mol. The van der Waals surface area contributed by atoms with Crippen LogP contribution in [-0.4, -0.2) is 12.6 Å². The molecule has 1 aromatic carbocycles. The zero-order valence-electron chi connectivity index (χ0n) is 11.4. The molecule has 0 amide bonds. The standard InChI is InChI=1S/C16H25N/c1-16(2,3)14(12-17-15-9-10-15)11-13-7-5-4-6-8-13/h4-8,14-15,17H,9-12H2,1-3H3. The van der Waals surface area contributed by atoms with E-state index in [4.69, 9.17) is 0 Å². The van der Waals surface area contributed by atoms with Crippen LogP contribution in [-0.2, 0) is 6.42 Å². The highest BCUT2D eigenvalue weighted by molar-refractivity contribution is 5.15. The first-order valence-corrected chi connectivity index (χ1v) is 6.83. The van der Waals surface area contributed by atoms with Crippen LogP contribution in [0.3, 0.4) is 0 Å². The van der Waals surface area contributed by atoms with Crippen LogP contribution in [0.1, 0.15) is 39.2 Å². The molecule has 0 aliphatic heterocycles. The molecular formula is C16H25N. The highest BCUT2D eigenvalue weighted by Gasteiger charge is 2.27. The molecule has 1 heteroatoms. The second kappa shape index (κ2) is 5.22. The summed E-state index contributed by atoms with van der Waals surface area (Å²) in [6, 6.07) is 11.7. The molecule has 0 bridgehead atoms. The van der Waals surface area contributed by atoms with Crippen LogP contribution in [0.4, 0.5) is 0 Å². The van der Waals surface area contributed by atoms with Gasteiger partial charge in [0.1, 0.15) is 0 Å². The molecule has 1 aromatic rings. The summed E-state index contributed by atoms with van der Waals surface area (Å²) in [6.45, 7) is 8.22. The number of rotatable bonds is 5. The van der Waals surface area contributed by atoms with Crippen molar-refractivity contribution in [1.29, 1.82) is 0 Å². The van der Waals surface area contributed by atoms with E-state index < -0.39 is 0 Å². The van der Waals surface area contributed by atoms with E-state index in [0.29, 0.717) is 11.3 Å². The Morgan fingerprint density at radius 2 is 1.82 bits per heavy atom. The molecule has 0 radical (unpaired) electrons. The van der Waals surface area contributed by atoms with E-state index in [1.807, 2.05) is 0 Å². The van der Waals surface area contributed by atoms with Gasteiger partial charge in [0.25, 0.3) is 0 Å². The Morgan fingerprint density at radius 3 is 2.35 bits per heavy atom. The molecule has 1 saturated carbocycles. The lowest BCUT2D eigenvalue weighted by atomic mass is 9.77. The summed E-state index contributed by atoms with van der Waals surface area (Å²) in [5.41, 5.74) is 1.84.